The van der Waals surface area contributed by atoms with Crippen LogP contribution >= 0.6 is 11.6 Å². The van der Waals surface area contributed by atoms with Crippen LogP contribution in [-0.4, -0.2) is 80.5 Å². The molecule has 3 aromatic rings. The number of halogens is 1. The van der Waals surface area contributed by atoms with Crippen LogP contribution in [-0.2, 0) is 9.53 Å². The maximum atomic E-state index is 13.2. The van der Waals surface area contributed by atoms with Gasteiger partial charge in [0, 0.05) is 43.3 Å². The highest BCUT2D eigenvalue weighted by Crippen LogP contribution is 2.46. The molecule has 6 rings (SSSR count). The van der Waals surface area contributed by atoms with Crippen molar-refractivity contribution in [1.29, 1.82) is 0 Å². The van der Waals surface area contributed by atoms with Crippen molar-refractivity contribution >= 4 is 46.4 Å². The van der Waals surface area contributed by atoms with Gasteiger partial charge in [0.25, 0.3) is 5.91 Å². The highest BCUT2D eigenvalue weighted by atomic mass is 35.5. The molecular formula is C30H34ClN7O4. The van der Waals surface area contributed by atoms with Gasteiger partial charge >= 0.3 is 6.09 Å². The van der Waals surface area contributed by atoms with Gasteiger partial charge in [-0.25, -0.2) is 14.8 Å². The zero-order valence-corrected chi connectivity index (χ0v) is 24.5. The number of hydrogen-bond acceptors (Lipinski definition) is 7. The predicted molar refractivity (Wildman–Crippen MR) is 159 cm³/mol. The molecule has 1 saturated carbocycles. The van der Waals surface area contributed by atoms with Gasteiger partial charge in [0.2, 0.25) is 5.91 Å². The number of ether oxygens (including phenoxy) is 1. The molecule has 42 heavy (non-hydrogen) atoms. The second kappa shape index (κ2) is 10.6. The summed E-state index contributed by atoms with van der Waals surface area (Å²) in [6, 6.07) is 7.03. The number of amides is 3. The molecule has 2 aromatic heterocycles. The summed E-state index contributed by atoms with van der Waals surface area (Å²) in [7, 11) is 0. The zero-order valence-electron chi connectivity index (χ0n) is 23.8. The molecule has 1 saturated heterocycles. The largest absolute Gasteiger partial charge is 0.444 e. The molecule has 11 nitrogen and oxygen atoms in total. The van der Waals surface area contributed by atoms with Gasteiger partial charge in [-0.05, 0) is 51.2 Å². The van der Waals surface area contributed by atoms with E-state index < -0.39 is 5.60 Å². The topological polar surface area (TPSA) is 147 Å². The van der Waals surface area contributed by atoms with Crippen molar-refractivity contribution in [3.63, 3.8) is 0 Å². The predicted octanol–water partition coefficient (Wildman–Crippen LogP) is 4.06. The van der Waals surface area contributed by atoms with Crippen LogP contribution < -0.4 is 11.1 Å². The van der Waals surface area contributed by atoms with Crippen LogP contribution in [0.4, 0.5) is 10.5 Å². The number of piperazine rings is 1. The number of nitrogens with two attached hydrogens (primary N) is 1. The number of nitrogens with zero attached hydrogens (tertiary/aromatic N) is 4. The lowest BCUT2D eigenvalue weighted by atomic mass is 9.88. The summed E-state index contributed by atoms with van der Waals surface area (Å²) in [6.45, 7) is 7.20. The van der Waals surface area contributed by atoms with Crippen LogP contribution in [0.5, 0.6) is 0 Å². The number of aromatic amines is 1. The molecule has 2 aliphatic carbocycles. The molecule has 220 valence electrons. The number of imidazole rings is 1. The second-order valence-electron chi connectivity index (χ2n) is 12.1. The minimum absolute atomic E-state index is 0.0983. The Balaban J connectivity index is 1.16. The number of benzene rings is 1. The molecule has 4 N–H and O–H groups in total. The Bertz CT molecular complexity index is 1570. The highest BCUT2D eigenvalue weighted by molar-refractivity contribution is 6.34. The molecule has 2 fully saturated rings. The average Bonchev–Trinajstić information content (AvgIpc) is 3.68. The fourth-order valence-corrected chi connectivity index (χ4v) is 6.34. The van der Waals surface area contributed by atoms with Crippen molar-refractivity contribution in [2.24, 2.45) is 23.5 Å². The van der Waals surface area contributed by atoms with Gasteiger partial charge in [-0.1, -0.05) is 35.9 Å². The first-order valence-electron chi connectivity index (χ1n) is 14.1. The molecule has 0 radical (unpaired) electrons. The third-order valence-corrected chi connectivity index (χ3v) is 8.48. The Labute approximate surface area is 248 Å². The van der Waals surface area contributed by atoms with E-state index in [1.54, 1.807) is 28.1 Å². The summed E-state index contributed by atoms with van der Waals surface area (Å²) in [6.07, 6.45) is 6.29. The fourth-order valence-electron chi connectivity index (χ4n) is 6.15. The lowest BCUT2D eigenvalue weighted by Gasteiger charge is -2.35. The Morgan fingerprint density at radius 1 is 1.05 bits per heavy atom. The van der Waals surface area contributed by atoms with Gasteiger partial charge in [0.15, 0.2) is 5.65 Å². The van der Waals surface area contributed by atoms with Gasteiger partial charge in [0.05, 0.1) is 22.8 Å². The van der Waals surface area contributed by atoms with Gasteiger partial charge in [-0.3, -0.25) is 9.59 Å². The van der Waals surface area contributed by atoms with Crippen molar-refractivity contribution in [3.05, 3.63) is 53.2 Å². The van der Waals surface area contributed by atoms with Crippen LogP contribution in [0.3, 0.4) is 0 Å². The first kappa shape index (κ1) is 28.0. The maximum absolute atomic E-state index is 13.2. The molecule has 0 spiro atoms. The van der Waals surface area contributed by atoms with Gasteiger partial charge in [-0.2, -0.15) is 0 Å². The Morgan fingerprint density at radius 3 is 2.38 bits per heavy atom. The SMILES string of the molecule is CC(C)(C)OC(=O)N1CCN(C(=O)c2ccc(-c3nc4c(N[C@H]5[C@@H](C(N)=O)[C@@H]6C=C[C@H]5C6)c(Cl)cnc4[nH]3)cc2)CC1. The minimum Gasteiger partial charge on any atom is -0.444 e. The van der Waals surface area contributed by atoms with Crippen LogP contribution in [0.15, 0.2) is 42.6 Å². The molecule has 0 unspecified atom stereocenters. The number of fused-ring (bicyclic) bond motifs is 3. The smallest absolute Gasteiger partial charge is 0.410 e. The molecule has 4 atom stereocenters. The summed E-state index contributed by atoms with van der Waals surface area (Å²) in [5.41, 5.74) is 8.24. The number of anilines is 1. The summed E-state index contributed by atoms with van der Waals surface area (Å²) < 4.78 is 5.44. The number of allylic oxidation sites excluding steroid dienone is 1. The standard InChI is InChI=1S/C30H34ClN7O4/c1-30(2,3)42-29(41)38-12-10-37(11-13-38)28(40)17-6-4-16(5-7-17)26-35-24-23(20(31)15-33-27(24)36-26)34-22-19-9-8-18(14-19)21(22)25(32)39/h4-9,15,18-19,21-22H,10-14H2,1-3H3,(H2,32,39)(H2,33,34,35,36)/t18-,19+,21+,22-/m1/s1. The van der Waals surface area contributed by atoms with Crippen LogP contribution in [0.25, 0.3) is 22.6 Å². The Morgan fingerprint density at radius 2 is 1.71 bits per heavy atom. The van der Waals surface area contributed by atoms with E-state index >= 15 is 0 Å². The quantitative estimate of drug-likeness (QED) is 0.379. The molecular weight excluding hydrogens is 558 g/mol. The number of aromatic nitrogens is 3. The van der Waals surface area contributed by atoms with Crippen molar-refractivity contribution in [1.82, 2.24) is 24.8 Å². The first-order chi connectivity index (χ1) is 20.0. The third kappa shape index (κ3) is 5.29. The number of nitrogens with one attached hydrogen (secondary N) is 2. The van der Waals surface area contributed by atoms with E-state index in [4.69, 9.17) is 27.1 Å². The fraction of sp³-hybridized carbons (Fsp3) is 0.433. The number of primary amides is 1. The van der Waals surface area contributed by atoms with Crippen LogP contribution in [0, 0.1) is 17.8 Å². The van der Waals surface area contributed by atoms with E-state index in [1.165, 1.54) is 0 Å². The van der Waals surface area contributed by atoms with Crippen molar-refractivity contribution in [2.45, 2.75) is 38.8 Å². The normalized spacial score (nSPS) is 23.4. The summed E-state index contributed by atoms with van der Waals surface area (Å²) in [4.78, 5) is 53.6. The number of carbonyl (C=O) groups excluding carboxylic acids is 3. The molecule has 1 aliphatic heterocycles. The molecule has 3 amide bonds. The lowest BCUT2D eigenvalue weighted by Crippen LogP contribution is -2.51. The molecule has 1 aromatic carbocycles. The molecule has 3 aliphatic rings. The van der Waals surface area contributed by atoms with Crippen LogP contribution in [0.1, 0.15) is 37.6 Å². The Hall–Kier alpha value is -4.12. The van der Waals surface area contributed by atoms with E-state index in [-0.39, 0.29) is 41.7 Å². The number of rotatable bonds is 5. The molecule has 12 heteroatoms. The summed E-state index contributed by atoms with van der Waals surface area (Å²) in [5, 5.41) is 3.88. The maximum Gasteiger partial charge on any atom is 0.410 e. The van der Waals surface area contributed by atoms with Crippen molar-refractivity contribution in [3.8, 4) is 11.4 Å². The summed E-state index contributed by atoms with van der Waals surface area (Å²) in [5.74, 6) is 0.156. The number of carbonyl (C=O) groups is 3. The number of hydrogen-bond donors (Lipinski definition) is 3. The Kier molecular flexibility index (Phi) is 7.08. The van der Waals surface area contributed by atoms with E-state index in [9.17, 15) is 14.4 Å². The van der Waals surface area contributed by atoms with E-state index in [1.807, 2.05) is 32.9 Å². The van der Waals surface area contributed by atoms with Gasteiger partial charge in [-0.15, -0.1) is 0 Å². The lowest BCUT2D eigenvalue weighted by molar-refractivity contribution is -0.122. The van der Waals surface area contributed by atoms with E-state index in [0.29, 0.717) is 59.4 Å². The van der Waals surface area contributed by atoms with E-state index in [0.717, 1.165) is 12.0 Å². The molecule has 2 bridgehead atoms. The van der Waals surface area contributed by atoms with Gasteiger partial charge < -0.3 is 30.6 Å². The number of H-pyrrole nitrogens is 1. The zero-order chi connectivity index (χ0) is 29.8. The van der Waals surface area contributed by atoms with Crippen LogP contribution in [0.2, 0.25) is 5.02 Å². The highest BCUT2D eigenvalue weighted by Gasteiger charge is 2.47. The number of pyridine rings is 1. The summed E-state index contributed by atoms with van der Waals surface area (Å²) >= 11 is 6.57. The monoisotopic (exact) mass is 591 g/mol. The molecule has 3 heterocycles. The minimum atomic E-state index is -0.562. The third-order valence-electron chi connectivity index (χ3n) is 8.19. The first-order valence-corrected chi connectivity index (χ1v) is 14.5. The second-order valence-corrected chi connectivity index (χ2v) is 12.6. The van der Waals surface area contributed by atoms with Crippen molar-refractivity contribution < 1.29 is 19.1 Å². The average molecular weight is 592 g/mol. The van der Waals surface area contributed by atoms with E-state index in [2.05, 4.69) is 27.4 Å². The van der Waals surface area contributed by atoms with Crippen molar-refractivity contribution in [2.75, 3.05) is 31.5 Å². The van der Waals surface area contributed by atoms with Gasteiger partial charge in [0.1, 0.15) is 16.9 Å².